The smallest absolute Gasteiger partial charge is 0.265 e. The molecule has 112 valence electrons. The molecule has 6 nitrogen and oxygen atoms in total. The van der Waals surface area contributed by atoms with Gasteiger partial charge in [-0.15, -0.1) is 0 Å². The average Bonchev–Trinajstić information content (AvgIpc) is 2.49. The predicted molar refractivity (Wildman–Crippen MR) is 82.4 cm³/mol. The maximum Gasteiger partial charge on any atom is 0.265 e. The molecule has 0 bridgehead atoms. The molecule has 1 aliphatic rings. The Morgan fingerprint density at radius 3 is 2.91 bits per heavy atom. The number of pyridine rings is 1. The lowest BCUT2D eigenvalue weighted by atomic mass is 10.2. The summed E-state index contributed by atoms with van der Waals surface area (Å²) in [6.45, 7) is 1.67. The summed E-state index contributed by atoms with van der Waals surface area (Å²) in [5, 5.41) is 5.77. The summed E-state index contributed by atoms with van der Waals surface area (Å²) in [5.74, 6) is 0.0247. The fourth-order valence-corrected chi connectivity index (χ4v) is 2.11. The number of anilines is 2. The van der Waals surface area contributed by atoms with E-state index in [1.54, 1.807) is 37.3 Å². The summed E-state index contributed by atoms with van der Waals surface area (Å²) in [6, 6.07) is 8.15. The van der Waals surface area contributed by atoms with Crippen molar-refractivity contribution in [3.8, 4) is 5.75 Å². The van der Waals surface area contributed by atoms with Crippen molar-refractivity contribution < 1.29 is 14.3 Å². The van der Waals surface area contributed by atoms with Crippen molar-refractivity contribution in [2.75, 3.05) is 10.6 Å². The number of rotatable bonds is 2. The fraction of sp³-hybridized carbons (Fsp3) is 0.133. The minimum Gasteiger partial charge on any atom is -0.479 e. The molecule has 0 aliphatic carbocycles. The highest BCUT2D eigenvalue weighted by Crippen LogP contribution is 2.32. The molecule has 1 aromatic heterocycles. The number of halogens is 1. The first-order valence-corrected chi connectivity index (χ1v) is 6.95. The molecular formula is C15H12ClN3O3. The highest BCUT2D eigenvalue weighted by Gasteiger charge is 2.23. The zero-order valence-corrected chi connectivity index (χ0v) is 12.3. The molecule has 0 radical (unpaired) electrons. The molecule has 7 heteroatoms. The number of benzene rings is 1. The van der Waals surface area contributed by atoms with Gasteiger partial charge in [-0.25, -0.2) is 4.98 Å². The summed E-state index contributed by atoms with van der Waals surface area (Å²) < 4.78 is 5.45. The number of amides is 2. The highest BCUT2D eigenvalue weighted by atomic mass is 35.5. The molecule has 2 heterocycles. The molecule has 2 amide bonds. The van der Waals surface area contributed by atoms with Crippen LogP contribution in [0.2, 0.25) is 5.15 Å². The van der Waals surface area contributed by atoms with Gasteiger partial charge < -0.3 is 15.4 Å². The first-order valence-electron chi connectivity index (χ1n) is 6.57. The molecule has 1 atom stereocenters. The van der Waals surface area contributed by atoms with Crippen LogP contribution in [-0.4, -0.2) is 22.9 Å². The Balaban J connectivity index is 1.79. The highest BCUT2D eigenvalue weighted by molar-refractivity contribution is 6.29. The van der Waals surface area contributed by atoms with Crippen LogP contribution < -0.4 is 15.4 Å². The second kappa shape index (κ2) is 5.65. The van der Waals surface area contributed by atoms with Crippen molar-refractivity contribution in [3.05, 3.63) is 47.2 Å². The fourth-order valence-electron chi connectivity index (χ4n) is 2.00. The maximum atomic E-state index is 12.1. The molecule has 22 heavy (non-hydrogen) atoms. The summed E-state index contributed by atoms with van der Waals surface area (Å²) in [6.07, 6.45) is 0.857. The van der Waals surface area contributed by atoms with E-state index in [2.05, 4.69) is 15.6 Å². The Hall–Kier alpha value is -2.60. The quantitative estimate of drug-likeness (QED) is 0.835. The van der Waals surface area contributed by atoms with E-state index in [1.165, 1.54) is 6.20 Å². The average molecular weight is 318 g/mol. The lowest BCUT2D eigenvalue weighted by Crippen LogP contribution is -2.34. The molecule has 2 N–H and O–H groups in total. The van der Waals surface area contributed by atoms with E-state index in [4.69, 9.17) is 16.3 Å². The Morgan fingerprint density at radius 1 is 1.36 bits per heavy atom. The standard InChI is InChI=1S/C15H12ClN3O3/c1-8-14(20)19-11-6-10(3-4-12(11)22-8)18-15(21)9-2-5-13(16)17-7-9/h2-8H,1H3,(H,18,21)(H,19,20)/t8-/m1/s1. The van der Waals surface area contributed by atoms with Crippen molar-refractivity contribution in [1.82, 2.24) is 4.98 Å². The first kappa shape index (κ1) is 14.3. The van der Waals surface area contributed by atoms with E-state index in [0.717, 1.165) is 0 Å². The van der Waals surface area contributed by atoms with E-state index in [9.17, 15) is 9.59 Å². The third-order valence-corrected chi connectivity index (χ3v) is 3.38. The number of nitrogens with zero attached hydrogens (tertiary/aromatic N) is 1. The van der Waals surface area contributed by atoms with Crippen LogP contribution in [0.5, 0.6) is 5.75 Å². The van der Waals surface area contributed by atoms with E-state index < -0.39 is 6.10 Å². The second-order valence-corrected chi connectivity index (χ2v) is 5.17. The lowest BCUT2D eigenvalue weighted by molar-refractivity contribution is -0.122. The van der Waals surface area contributed by atoms with Crippen LogP contribution >= 0.6 is 11.6 Å². The van der Waals surface area contributed by atoms with Crippen molar-refractivity contribution in [2.24, 2.45) is 0 Å². The minimum atomic E-state index is -0.534. The molecule has 1 aliphatic heterocycles. The van der Waals surface area contributed by atoms with Gasteiger partial charge in [-0.3, -0.25) is 9.59 Å². The van der Waals surface area contributed by atoms with E-state index >= 15 is 0 Å². The van der Waals surface area contributed by atoms with E-state index in [1.807, 2.05) is 0 Å². The van der Waals surface area contributed by atoms with Crippen LogP contribution in [0.1, 0.15) is 17.3 Å². The number of aromatic nitrogens is 1. The Labute approximate surface area is 131 Å². The van der Waals surface area contributed by atoms with Gasteiger partial charge in [0.25, 0.3) is 11.8 Å². The number of nitrogens with one attached hydrogen (secondary N) is 2. The second-order valence-electron chi connectivity index (χ2n) is 4.78. The first-order chi connectivity index (χ1) is 10.5. The van der Waals surface area contributed by atoms with Crippen LogP contribution in [-0.2, 0) is 4.79 Å². The van der Waals surface area contributed by atoms with Gasteiger partial charge >= 0.3 is 0 Å². The SMILES string of the molecule is C[C@H]1Oc2ccc(NC(=O)c3ccc(Cl)nc3)cc2NC1=O. The monoisotopic (exact) mass is 317 g/mol. The van der Waals surface area contributed by atoms with Gasteiger partial charge in [0.15, 0.2) is 6.10 Å². The number of hydrogen-bond acceptors (Lipinski definition) is 4. The Morgan fingerprint density at radius 2 is 2.18 bits per heavy atom. The van der Waals surface area contributed by atoms with Gasteiger partial charge in [-0.2, -0.15) is 0 Å². The maximum absolute atomic E-state index is 12.1. The van der Waals surface area contributed by atoms with E-state index in [0.29, 0.717) is 27.8 Å². The van der Waals surface area contributed by atoms with Gasteiger partial charge in [0, 0.05) is 11.9 Å². The van der Waals surface area contributed by atoms with Gasteiger partial charge in [0.05, 0.1) is 11.3 Å². The van der Waals surface area contributed by atoms with Gasteiger partial charge in [0.2, 0.25) is 0 Å². The van der Waals surface area contributed by atoms with Crippen LogP contribution in [0.25, 0.3) is 0 Å². The van der Waals surface area contributed by atoms with Crippen molar-refractivity contribution >= 4 is 34.8 Å². The Bertz CT molecular complexity index is 746. The number of carbonyl (C=O) groups is 2. The van der Waals surface area contributed by atoms with Gasteiger partial charge in [0.1, 0.15) is 10.9 Å². The van der Waals surface area contributed by atoms with Crippen LogP contribution in [0, 0.1) is 0 Å². The molecule has 1 aromatic carbocycles. The largest absolute Gasteiger partial charge is 0.479 e. The lowest BCUT2D eigenvalue weighted by Gasteiger charge is -2.23. The number of fused-ring (bicyclic) bond motifs is 1. The topological polar surface area (TPSA) is 80.3 Å². The van der Waals surface area contributed by atoms with Crippen molar-refractivity contribution in [2.45, 2.75) is 13.0 Å². The molecule has 0 unspecified atom stereocenters. The van der Waals surface area contributed by atoms with Crippen LogP contribution in [0.15, 0.2) is 36.5 Å². The number of hydrogen-bond donors (Lipinski definition) is 2. The summed E-state index contributed by atoms with van der Waals surface area (Å²) in [7, 11) is 0. The molecule has 0 saturated heterocycles. The third kappa shape index (κ3) is 2.87. The normalized spacial score (nSPS) is 16.3. The zero-order valence-electron chi connectivity index (χ0n) is 11.6. The third-order valence-electron chi connectivity index (χ3n) is 3.16. The molecule has 0 saturated carbocycles. The number of ether oxygens (including phenoxy) is 1. The molecular weight excluding hydrogens is 306 g/mol. The minimum absolute atomic E-state index is 0.224. The van der Waals surface area contributed by atoms with Crippen molar-refractivity contribution in [1.29, 1.82) is 0 Å². The molecule has 2 aromatic rings. The zero-order chi connectivity index (χ0) is 15.7. The summed E-state index contributed by atoms with van der Waals surface area (Å²) in [4.78, 5) is 27.6. The summed E-state index contributed by atoms with van der Waals surface area (Å²) in [5.41, 5.74) is 1.45. The van der Waals surface area contributed by atoms with Gasteiger partial charge in [-0.1, -0.05) is 11.6 Å². The van der Waals surface area contributed by atoms with Crippen LogP contribution in [0.3, 0.4) is 0 Å². The Kier molecular flexibility index (Phi) is 3.68. The summed E-state index contributed by atoms with van der Waals surface area (Å²) >= 11 is 5.68. The molecule has 0 spiro atoms. The van der Waals surface area contributed by atoms with Crippen LogP contribution in [0.4, 0.5) is 11.4 Å². The van der Waals surface area contributed by atoms with E-state index in [-0.39, 0.29) is 11.8 Å². The predicted octanol–water partition coefficient (Wildman–Crippen LogP) is 2.71. The van der Waals surface area contributed by atoms with Crippen molar-refractivity contribution in [3.63, 3.8) is 0 Å². The van der Waals surface area contributed by atoms with Gasteiger partial charge in [-0.05, 0) is 37.3 Å². The molecule has 3 rings (SSSR count). The number of carbonyl (C=O) groups excluding carboxylic acids is 2. The molecule has 0 fully saturated rings.